The maximum Gasteiger partial charge on any atom is 0.0749 e. The van der Waals surface area contributed by atoms with Crippen molar-refractivity contribution < 1.29 is 10.2 Å². The average molecular weight is 221 g/mol. The molecule has 0 amide bonds. The number of hydrogen-bond donors (Lipinski definition) is 3. The Morgan fingerprint density at radius 2 is 2.00 bits per heavy atom. The van der Waals surface area contributed by atoms with Crippen molar-refractivity contribution in [2.75, 3.05) is 6.61 Å². The summed E-state index contributed by atoms with van der Waals surface area (Å²) in [4.78, 5) is 0. The van der Waals surface area contributed by atoms with E-state index in [9.17, 15) is 5.11 Å². The summed E-state index contributed by atoms with van der Waals surface area (Å²) in [6, 6.07) is 9.58. The highest BCUT2D eigenvalue weighted by atomic mass is 16.3. The highest BCUT2D eigenvalue weighted by Crippen LogP contribution is 2.03. The minimum absolute atomic E-state index is 0.0815. The van der Waals surface area contributed by atoms with Crippen molar-refractivity contribution in [3.8, 4) is 0 Å². The lowest BCUT2D eigenvalue weighted by atomic mass is 10.1. The van der Waals surface area contributed by atoms with Crippen molar-refractivity contribution in [3.05, 3.63) is 48.6 Å². The molecule has 1 aromatic rings. The van der Waals surface area contributed by atoms with Gasteiger partial charge >= 0.3 is 0 Å². The van der Waals surface area contributed by atoms with E-state index in [0.29, 0.717) is 13.0 Å². The first-order valence-electron chi connectivity index (χ1n) is 5.45. The minimum Gasteiger partial charge on any atom is -0.395 e. The Labute approximate surface area is 96.4 Å². The zero-order valence-corrected chi connectivity index (χ0v) is 9.34. The minimum atomic E-state index is -0.591. The van der Waals surface area contributed by atoms with Crippen molar-refractivity contribution in [2.45, 2.75) is 25.1 Å². The fourth-order valence-electron chi connectivity index (χ4n) is 1.50. The molecule has 0 saturated heterocycles. The molecule has 88 valence electrons. The summed E-state index contributed by atoms with van der Waals surface area (Å²) < 4.78 is 0. The van der Waals surface area contributed by atoms with Crippen LogP contribution in [0.2, 0.25) is 0 Å². The molecule has 16 heavy (non-hydrogen) atoms. The van der Waals surface area contributed by atoms with Gasteiger partial charge in [-0.2, -0.15) is 0 Å². The average Bonchev–Trinajstić information content (AvgIpc) is 2.31. The van der Waals surface area contributed by atoms with E-state index in [1.54, 1.807) is 6.08 Å². The molecule has 0 aliphatic rings. The molecule has 3 heteroatoms. The number of aliphatic hydroxyl groups is 2. The second kappa shape index (κ2) is 7.17. The molecule has 3 N–H and O–H groups in total. The normalized spacial score (nSPS) is 14.4. The van der Waals surface area contributed by atoms with E-state index in [4.69, 9.17) is 5.11 Å². The first kappa shape index (κ1) is 12.9. The van der Waals surface area contributed by atoms with E-state index in [0.717, 1.165) is 5.56 Å². The summed E-state index contributed by atoms with van der Waals surface area (Å²) in [7, 11) is 0. The third-order valence-corrected chi connectivity index (χ3v) is 2.48. The van der Waals surface area contributed by atoms with Gasteiger partial charge in [0.25, 0.3) is 0 Å². The van der Waals surface area contributed by atoms with Gasteiger partial charge in [-0.15, -0.1) is 6.58 Å². The molecule has 0 bridgehead atoms. The predicted octanol–water partition coefficient (Wildman–Crippen LogP) is 1.07. The van der Waals surface area contributed by atoms with Crippen LogP contribution < -0.4 is 5.32 Å². The SMILES string of the molecule is C=CC[C@@H](O)[C@H](CO)NCc1ccccc1. The van der Waals surface area contributed by atoms with E-state index < -0.39 is 6.10 Å². The third-order valence-electron chi connectivity index (χ3n) is 2.48. The molecular weight excluding hydrogens is 202 g/mol. The molecule has 0 aromatic heterocycles. The van der Waals surface area contributed by atoms with Crippen LogP contribution in [0.25, 0.3) is 0 Å². The molecule has 3 nitrogen and oxygen atoms in total. The third kappa shape index (κ3) is 4.14. The van der Waals surface area contributed by atoms with Crippen LogP contribution in [0.4, 0.5) is 0 Å². The smallest absolute Gasteiger partial charge is 0.0749 e. The topological polar surface area (TPSA) is 52.5 Å². The van der Waals surface area contributed by atoms with Crippen LogP contribution in [0.3, 0.4) is 0 Å². The van der Waals surface area contributed by atoms with Crippen LogP contribution in [0, 0.1) is 0 Å². The van der Waals surface area contributed by atoms with E-state index in [1.165, 1.54) is 0 Å². The van der Waals surface area contributed by atoms with E-state index >= 15 is 0 Å². The van der Waals surface area contributed by atoms with Gasteiger partial charge in [0.05, 0.1) is 18.8 Å². The van der Waals surface area contributed by atoms with E-state index in [-0.39, 0.29) is 12.6 Å². The summed E-state index contributed by atoms with van der Waals surface area (Å²) in [5.41, 5.74) is 1.13. The van der Waals surface area contributed by atoms with Crippen LogP contribution in [0.5, 0.6) is 0 Å². The van der Waals surface area contributed by atoms with E-state index in [2.05, 4.69) is 11.9 Å². The molecular formula is C13H19NO2. The van der Waals surface area contributed by atoms with Gasteiger partial charge in [-0.3, -0.25) is 0 Å². The monoisotopic (exact) mass is 221 g/mol. The largest absolute Gasteiger partial charge is 0.395 e. The summed E-state index contributed by atoms with van der Waals surface area (Å²) in [5.74, 6) is 0. The molecule has 1 aromatic carbocycles. The van der Waals surface area contributed by atoms with Crippen molar-refractivity contribution in [1.29, 1.82) is 0 Å². The number of benzene rings is 1. The van der Waals surface area contributed by atoms with Gasteiger partial charge < -0.3 is 15.5 Å². The maximum absolute atomic E-state index is 9.69. The lowest BCUT2D eigenvalue weighted by Gasteiger charge is -2.21. The van der Waals surface area contributed by atoms with Gasteiger partial charge in [0, 0.05) is 6.54 Å². The van der Waals surface area contributed by atoms with Gasteiger partial charge in [-0.1, -0.05) is 36.4 Å². The Balaban J connectivity index is 2.42. The molecule has 0 heterocycles. The highest BCUT2D eigenvalue weighted by molar-refractivity contribution is 5.14. The van der Waals surface area contributed by atoms with E-state index in [1.807, 2.05) is 30.3 Å². The molecule has 0 aliphatic carbocycles. The summed E-state index contributed by atoms with van der Waals surface area (Å²) >= 11 is 0. The molecule has 0 spiro atoms. The lowest BCUT2D eigenvalue weighted by molar-refractivity contribution is 0.0913. The van der Waals surface area contributed by atoms with Crippen molar-refractivity contribution in [2.24, 2.45) is 0 Å². The van der Waals surface area contributed by atoms with Crippen LogP contribution >= 0.6 is 0 Å². The summed E-state index contributed by atoms with van der Waals surface area (Å²) in [5, 5.41) is 22.0. The lowest BCUT2D eigenvalue weighted by Crippen LogP contribution is -2.42. The van der Waals surface area contributed by atoms with Gasteiger partial charge in [0.2, 0.25) is 0 Å². The zero-order chi connectivity index (χ0) is 11.8. The van der Waals surface area contributed by atoms with Crippen molar-refractivity contribution in [3.63, 3.8) is 0 Å². The second-order valence-electron chi connectivity index (χ2n) is 3.75. The number of aliphatic hydroxyl groups excluding tert-OH is 2. The van der Waals surface area contributed by atoms with Crippen LogP contribution in [0.1, 0.15) is 12.0 Å². The molecule has 0 aliphatic heterocycles. The van der Waals surface area contributed by atoms with Crippen LogP contribution in [-0.2, 0) is 6.54 Å². The fraction of sp³-hybridized carbons (Fsp3) is 0.385. The molecule has 2 atom stereocenters. The van der Waals surface area contributed by atoms with Crippen LogP contribution in [0.15, 0.2) is 43.0 Å². The molecule has 0 saturated carbocycles. The zero-order valence-electron chi connectivity index (χ0n) is 9.34. The van der Waals surface area contributed by atoms with Crippen molar-refractivity contribution in [1.82, 2.24) is 5.32 Å². The Bertz CT molecular complexity index is 300. The van der Waals surface area contributed by atoms with Crippen LogP contribution in [-0.4, -0.2) is 29.0 Å². The van der Waals surface area contributed by atoms with Gasteiger partial charge in [0.15, 0.2) is 0 Å². The van der Waals surface area contributed by atoms with Crippen molar-refractivity contribution >= 4 is 0 Å². The fourth-order valence-corrected chi connectivity index (χ4v) is 1.50. The Morgan fingerprint density at radius 3 is 2.56 bits per heavy atom. The number of nitrogens with one attached hydrogen (secondary N) is 1. The van der Waals surface area contributed by atoms with Gasteiger partial charge in [-0.25, -0.2) is 0 Å². The standard InChI is InChI=1S/C13H19NO2/c1-2-6-13(16)12(10-15)14-9-11-7-4-3-5-8-11/h2-5,7-8,12-16H,1,6,9-10H2/t12-,13+/m0/s1. The number of hydrogen-bond acceptors (Lipinski definition) is 3. The van der Waals surface area contributed by atoms with Gasteiger partial charge in [0.1, 0.15) is 0 Å². The quantitative estimate of drug-likeness (QED) is 0.604. The Morgan fingerprint density at radius 1 is 1.31 bits per heavy atom. The Hall–Kier alpha value is -1.16. The summed E-state index contributed by atoms with van der Waals surface area (Å²) in [6.45, 7) is 4.12. The maximum atomic E-state index is 9.69. The summed E-state index contributed by atoms with van der Waals surface area (Å²) in [6.07, 6.45) is 1.54. The second-order valence-corrected chi connectivity index (χ2v) is 3.75. The first-order chi connectivity index (χ1) is 7.77. The molecule has 1 rings (SSSR count). The molecule has 0 radical (unpaired) electrons. The predicted molar refractivity (Wildman–Crippen MR) is 65.0 cm³/mol. The number of rotatable bonds is 7. The Kier molecular flexibility index (Phi) is 5.78. The van der Waals surface area contributed by atoms with Gasteiger partial charge in [-0.05, 0) is 12.0 Å². The first-order valence-corrected chi connectivity index (χ1v) is 5.45. The highest BCUT2D eigenvalue weighted by Gasteiger charge is 2.15. The molecule has 0 fully saturated rings. The molecule has 0 unspecified atom stereocenters.